The summed E-state index contributed by atoms with van der Waals surface area (Å²) in [6.07, 6.45) is 3.19. The first-order chi connectivity index (χ1) is 11.8. The van der Waals surface area contributed by atoms with Crippen molar-refractivity contribution >= 4 is 17.0 Å². The van der Waals surface area contributed by atoms with Crippen molar-refractivity contribution in [2.45, 2.75) is 13.3 Å². The van der Waals surface area contributed by atoms with Gasteiger partial charge >= 0.3 is 0 Å². The lowest BCUT2D eigenvalue weighted by molar-refractivity contribution is 0.339. The van der Waals surface area contributed by atoms with Gasteiger partial charge in [0, 0.05) is 18.7 Å². The van der Waals surface area contributed by atoms with Crippen LogP contribution in [-0.2, 0) is 0 Å². The van der Waals surface area contributed by atoms with E-state index in [0.29, 0.717) is 12.3 Å². The summed E-state index contributed by atoms with van der Waals surface area (Å²) < 4.78 is 7.21. The molecule has 0 saturated carbocycles. The van der Waals surface area contributed by atoms with Crippen LogP contribution < -0.4 is 9.64 Å². The number of rotatable bonds is 4. The van der Waals surface area contributed by atoms with E-state index in [4.69, 9.17) is 4.74 Å². The highest BCUT2D eigenvalue weighted by atomic mass is 16.5. The van der Waals surface area contributed by atoms with E-state index in [1.165, 1.54) is 15.8 Å². The first-order valence-corrected chi connectivity index (χ1v) is 8.07. The van der Waals surface area contributed by atoms with Gasteiger partial charge in [0.15, 0.2) is 11.5 Å². The topological polar surface area (TPSA) is 68.4 Å². The van der Waals surface area contributed by atoms with Gasteiger partial charge in [0.1, 0.15) is 5.75 Å². The van der Waals surface area contributed by atoms with Crippen LogP contribution in [0.25, 0.3) is 11.2 Å². The van der Waals surface area contributed by atoms with Crippen LogP contribution in [0.5, 0.6) is 5.75 Å². The minimum atomic E-state index is 0.651. The van der Waals surface area contributed by atoms with E-state index in [1.807, 2.05) is 31.2 Å². The predicted molar refractivity (Wildman–Crippen MR) is 91.0 cm³/mol. The summed E-state index contributed by atoms with van der Waals surface area (Å²) in [5, 5.41) is 15.8. The Morgan fingerprint density at radius 1 is 1.17 bits per heavy atom. The summed E-state index contributed by atoms with van der Waals surface area (Å²) in [5.41, 5.74) is 3.15. The van der Waals surface area contributed by atoms with E-state index in [-0.39, 0.29) is 0 Å². The molecule has 122 valence electrons. The molecule has 0 amide bonds. The van der Waals surface area contributed by atoms with E-state index in [2.05, 4.69) is 43.7 Å². The summed E-state index contributed by atoms with van der Waals surface area (Å²) in [6, 6.07) is 12.1. The maximum Gasteiger partial charge on any atom is 0.200 e. The summed E-state index contributed by atoms with van der Waals surface area (Å²) in [6.45, 7) is 4.38. The number of hydrogen-bond acceptors (Lipinski definition) is 6. The molecule has 0 N–H and O–H groups in total. The lowest BCUT2D eigenvalue weighted by Crippen LogP contribution is -2.29. The number of ether oxygens (including phenoxy) is 1. The fourth-order valence-electron chi connectivity index (χ4n) is 2.94. The molecular weight excluding hydrogens is 304 g/mol. The van der Waals surface area contributed by atoms with E-state index in [9.17, 15) is 0 Å². The van der Waals surface area contributed by atoms with E-state index < -0.39 is 0 Å². The Hall–Kier alpha value is -2.96. The van der Waals surface area contributed by atoms with E-state index in [1.54, 1.807) is 0 Å². The Kier molecular flexibility index (Phi) is 3.82. The van der Waals surface area contributed by atoms with Gasteiger partial charge in [-0.05, 0) is 47.5 Å². The number of nitrogens with zero attached hydrogens (tertiary/aromatic N) is 6. The molecule has 24 heavy (non-hydrogen) atoms. The number of fused-ring (bicyclic) bond motifs is 1. The van der Waals surface area contributed by atoms with E-state index >= 15 is 0 Å². The summed E-state index contributed by atoms with van der Waals surface area (Å²) in [5.74, 6) is 1.83. The lowest BCUT2D eigenvalue weighted by atomic mass is 9.98. The van der Waals surface area contributed by atoms with Crippen molar-refractivity contribution in [3.63, 3.8) is 0 Å². The zero-order chi connectivity index (χ0) is 16.4. The molecule has 3 heterocycles. The van der Waals surface area contributed by atoms with Crippen molar-refractivity contribution in [1.29, 1.82) is 0 Å². The van der Waals surface area contributed by atoms with Gasteiger partial charge in [-0.15, -0.1) is 14.8 Å². The Balaban J connectivity index is 1.56. The molecule has 0 aliphatic carbocycles. The molecule has 3 aromatic rings. The fourth-order valence-corrected chi connectivity index (χ4v) is 2.94. The number of para-hydroxylation sites is 1. The second-order valence-electron chi connectivity index (χ2n) is 5.57. The number of aromatic nitrogens is 5. The molecule has 1 aromatic carbocycles. The Morgan fingerprint density at radius 2 is 2.08 bits per heavy atom. The molecule has 2 aromatic heterocycles. The quantitative estimate of drug-likeness (QED) is 0.733. The van der Waals surface area contributed by atoms with Gasteiger partial charge in [-0.2, -0.15) is 0 Å². The van der Waals surface area contributed by atoms with Gasteiger partial charge in [0.2, 0.25) is 0 Å². The highest BCUT2D eigenvalue weighted by Crippen LogP contribution is 2.31. The molecule has 0 atom stereocenters. The maximum atomic E-state index is 5.75. The van der Waals surface area contributed by atoms with Crippen molar-refractivity contribution in [2.24, 2.45) is 0 Å². The molecule has 7 nitrogen and oxygen atoms in total. The first-order valence-electron chi connectivity index (χ1n) is 8.07. The Bertz CT molecular complexity index is 887. The third kappa shape index (κ3) is 2.68. The standard InChI is InChI=1S/C17H18N6O/c1-2-24-15-6-4-3-5-14(15)13-9-11-22(12-10-13)17-8-7-16-18-20-21-23(16)19-17/h3-9H,2,10-12H2,1H3. The van der Waals surface area contributed by atoms with Crippen LogP contribution in [0.1, 0.15) is 18.9 Å². The van der Waals surface area contributed by atoms with Gasteiger partial charge in [-0.3, -0.25) is 0 Å². The number of benzene rings is 1. The normalized spacial score (nSPS) is 14.7. The van der Waals surface area contributed by atoms with Crippen LogP contribution in [0.15, 0.2) is 42.5 Å². The number of tetrazole rings is 1. The number of hydrogen-bond donors (Lipinski definition) is 0. The average Bonchev–Trinajstić information content (AvgIpc) is 3.10. The Morgan fingerprint density at radius 3 is 2.92 bits per heavy atom. The fraction of sp³-hybridized carbons (Fsp3) is 0.294. The van der Waals surface area contributed by atoms with Crippen molar-refractivity contribution in [2.75, 3.05) is 24.6 Å². The van der Waals surface area contributed by atoms with Crippen molar-refractivity contribution in [3.05, 3.63) is 48.0 Å². The highest BCUT2D eigenvalue weighted by Gasteiger charge is 2.17. The maximum absolute atomic E-state index is 5.75. The molecule has 7 heteroatoms. The molecule has 0 fully saturated rings. The van der Waals surface area contributed by atoms with Gasteiger partial charge in [0.25, 0.3) is 0 Å². The molecule has 0 bridgehead atoms. The van der Waals surface area contributed by atoms with Crippen LogP contribution in [0, 0.1) is 0 Å². The summed E-state index contributed by atoms with van der Waals surface area (Å²) >= 11 is 0. The Labute approximate surface area is 139 Å². The lowest BCUT2D eigenvalue weighted by Gasteiger charge is -2.27. The van der Waals surface area contributed by atoms with Gasteiger partial charge in [-0.25, -0.2) is 0 Å². The van der Waals surface area contributed by atoms with Gasteiger partial charge < -0.3 is 9.64 Å². The van der Waals surface area contributed by atoms with Crippen LogP contribution in [0.2, 0.25) is 0 Å². The third-order valence-corrected chi connectivity index (χ3v) is 4.12. The molecule has 0 unspecified atom stereocenters. The second kappa shape index (κ2) is 6.27. The zero-order valence-corrected chi connectivity index (χ0v) is 13.5. The molecule has 1 aliphatic heterocycles. The molecule has 4 rings (SSSR count). The first kappa shape index (κ1) is 14.6. The second-order valence-corrected chi connectivity index (χ2v) is 5.57. The van der Waals surface area contributed by atoms with Crippen LogP contribution in [0.3, 0.4) is 0 Å². The summed E-state index contributed by atoms with van der Waals surface area (Å²) in [7, 11) is 0. The van der Waals surface area contributed by atoms with Crippen LogP contribution >= 0.6 is 0 Å². The zero-order valence-electron chi connectivity index (χ0n) is 13.5. The predicted octanol–water partition coefficient (Wildman–Crippen LogP) is 2.21. The van der Waals surface area contributed by atoms with E-state index in [0.717, 1.165) is 31.1 Å². The van der Waals surface area contributed by atoms with Crippen molar-refractivity contribution < 1.29 is 4.74 Å². The monoisotopic (exact) mass is 322 g/mol. The molecule has 0 saturated heterocycles. The van der Waals surface area contributed by atoms with Gasteiger partial charge in [-0.1, -0.05) is 24.3 Å². The largest absolute Gasteiger partial charge is 0.493 e. The van der Waals surface area contributed by atoms with Crippen LogP contribution in [0.4, 0.5) is 5.82 Å². The molecular formula is C17H18N6O. The smallest absolute Gasteiger partial charge is 0.200 e. The minimum Gasteiger partial charge on any atom is -0.493 e. The third-order valence-electron chi connectivity index (χ3n) is 4.12. The van der Waals surface area contributed by atoms with Gasteiger partial charge in [0.05, 0.1) is 6.61 Å². The highest BCUT2D eigenvalue weighted by molar-refractivity contribution is 5.72. The van der Waals surface area contributed by atoms with Crippen molar-refractivity contribution in [3.8, 4) is 5.75 Å². The number of anilines is 1. The van der Waals surface area contributed by atoms with Crippen LogP contribution in [-0.4, -0.2) is 45.0 Å². The van der Waals surface area contributed by atoms with Crippen molar-refractivity contribution in [1.82, 2.24) is 25.3 Å². The minimum absolute atomic E-state index is 0.651. The molecule has 1 aliphatic rings. The average molecular weight is 322 g/mol. The molecule has 0 spiro atoms. The summed E-state index contributed by atoms with van der Waals surface area (Å²) in [4.78, 5) is 2.22. The SMILES string of the molecule is CCOc1ccccc1C1=CCN(c2ccc3nnnn3n2)CC1. The molecule has 0 radical (unpaired) electrons.